The minimum absolute atomic E-state index is 0.0882. The fourth-order valence-corrected chi connectivity index (χ4v) is 9.05. The molecule has 3 aromatic carbocycles. The van der Waals surface area contributed by atoms with Crippen molar-refractivity contribution in [2.24, 2.45) is 0 Å². The van der Waals surface area contributed by atoms with Crippen molar-refractivity contribution in [1.29, 1.82) is 0 Å². The molecule has 0 bridgehead atoms. The van der Waals surface area contributed by atoms with E-state index in [1.165, 1.54) is 27.7 Å². The van der Waals surface area contributed by atoms with Gasteiger partial charge in [-0.1, -0.05) is 66.4 Å². The highest BCUT2D eigenvalue weighted by atomic mass is 32.2. The van der Waals surface area contributed by atoms with Crippen molar-refractivity contribution in [3.8, 4) is 0 Å². The molecule has 3 aromatic rings. The summed E-state index contributed by atoms with van der Waals surface area (Å²) < 4.78 is 0. The van der Waals surface area contributed by atoms with Crippen LogP contribution in [-0.2, 0) is 4.79 Å². The standard InChI is InChI=1S/C22H22OPS/c1-18(22(23)25-2)24(19-12-6-3-7-13-19,20-14-8-4-9-15-20)21-16-10-5-11-17-21/h3-18H,1-2H3/q+1. The van der Waals surface area contributed by atoms with E-state index in [9.17, 15) is 4.79 Å². The van der Waals surface area contributed by atoms with Crippen molar-refractivity contribution in [2.45, 2.75) is 12.6 Å². The fraction of sp³-hybridized carbons (Fsp3) is 0.136. The van der Waals surface area contributed by atoms with Crippen LogP contribution in [0.2, 0.25) is 0 Å². The van der Waals surface area contributed by atoms with Gasteiger partial charge in [-0.2, -0.15) is 0 Å². The Balaban J connectivity index is 2.38. The van der Waals surface area contributed by atoms with Gasteiger partial charge >= 0.3 is 0 Å². The summed E-state index contributed by atoms with van der Waals surface area (Å²) in [6, 6.07) is 31.6. The Morgan fingerprint density at radius 3 is 1.32 bits per heavy atom. The SMILES string of the molecule is CSC(=O)C(C)[P+](c1ccccc1)(c1ccccc1)c1ccccc1. The van der Waals surface area contributed by atoms with Crippen LogP contribution in [0.5, 0.6) is 0 Å². The molecule has 0 aliphatic rings. The molecule has 0 radical (unpaired) electrons. The van der Waals surface area contributed by atoms with Gasteiger partial charge in [-0.15, -0.1) is 0 Å². The molecule has 1 atom stereocenters. The van der Waals surface area contributed by atoms with Crippen molar-refractivity contribution in [3.63, 3.8) is 0 Å². The van der Waals surface area contributed by atoms with Crippen molar-refractivity contribution in [2.75, 3.05) is 6.26 Å². The lowest BCUT2D eigenvalue weighted by atomic mass is 10.3. The van der Waals surface area contributed by atoms with Gasteiger partial charge in [0.25, 0.3) is 0 Å². The van der Waals surface area contributed by atoms with E-state index in [0.29, 0.717) is 0 Å². The van der Waals surface area contributed by atoms with E-state index in [2.05, 4.69) is 79.7 Å². The number of hydrogen-bond acceptors (Lipinski definition) is 2. The van der Waals surface area contributed by atoms with Crippen LogP contribution in [0.4, 0.5) is 0 Å². The zero-order chi connectivity index (χ0) is 17.7. The predicted molar refractivity (Wildman–Crippen MR) is 113 cm³/mol. The first kappa shape index (κ1) is 17.9. The van der Waals surface area contributed by atoms with Crippen LogP contribution >= 0.6 is 19.0 Å². The number of rotatable bonds is 5. The van der Waals surface area contributed by atoms with Gasteiger partial charge in [0.15, 0.2) is 0 Å². The second kappa shape index (κ2) is 7.99. The van der Waals surface area contributed by atoms with Gasteiger partial charge in [-0.05, 0) is 49.6 Å². The lowest BCUT2D eigenvalue weighted by Gasteiger charge is -2.31. The summed E-state index contributed by atoms with van der Waals surface area (Å²) >= 11 is 1.33. The molecule has 0 N–H and O–H groups in total. The number of carbonyl (C=O) groups excluding carboxylic acids is 1. The molecule has 0 fully saturated rings. The lowest BCUT2D eigenvalue weighted by Crippen LogP contribution is -2.40. The Morgan fingerprint density at radius 1 is 0.720 bits per heavy atom. The second-order valence-corrected chi connectivity index (χ2v) is 10.5. The molecule has 0 amide bonds. The molecule has 1 nitrogen and oxygen atoms in total. The summed E-state index contributed by atoms with van der Waals surface area (Å²) in [4.78, 5) is 12.9. The first-order chi connectivity index (χ1) is 12.2. The highest BCUT2D eigenvalue weighted by molar-refractivity contribution is 8.14. The third-order valence-electron chi connectivity index (χ3n) is 4.61. The van der Waals surface area contributed by atoms with Crippen molar-refractivity contribution < 1.29 is 4.79 Å². The summed E-state index contributed by atoms with van der Waals surface area (Å²) in [6.07, 6.45) is 1.88. The van der Waals surface area contributed by atoms with Gasteiger partial charge in [0, 0.05) is 0 Å². The molecule has 1 unspecified atom stereocenters. The summed E-state index contributed by atoms with van der Waals surface area (Å²) in [7, 11) is -2.09. The number of hydrogen-bond donors (Lipinski definition) is 0. The molecule has 25 heavy (non-hydrogen) atoms. The van der Waals surface area contributed by atoms with Crippen LogP contribution < -0.4 is 15.9 Å². The van der Waals surface area contributed by atoms with Gasteiger partial charge in [0.1, 0.15) is 28.8 Å². The lowest BCUT2D eigenvalue weighted by molar-refractivity contribution is -0.110. The third kappa shape index (κ3) is 3.29. The topological polar surface area (TPSA) is 17.1 Å². The van der Waals surface area contributed by atoms with Crippen molar-refractivity contribution >= 4 is 40.1 Å². The molecule has 0 spiro atoms. The molecule has 0 heterocycles. The average molecular weight is 365 g/mol. The van der Waals surface area contributed by atoms with Crippen LogP contribution in [0.25, 0.3) is 0 Å². The normalized spacial score (nSPS) is 12.6. The van der Waals surface area contributed by atoms with Gasteiger partial charge in [-0.3, -0.25) is 4.79 Å². The van der Waals surface area contributed by atoms with Crippen molar-refractivity contribution in [1.82, 2.24) is 0 Å². The quantitative estimate of drug-likeness (QED) is 0.629. The Morgan fingerprint density at radius 2 is 1.04 bits per heavy atom. The Labute approximate surface area is 154 Å². The zero-order valence-corrected chi connectivity index (χ0v) is 16.2. The highest BCUT2D eigenvalue weighted by Crippen LogP contribution is 2.60. The molecule has 0 aliphatic carbocycles. The fourth-order valence-electron chi connectivity index (χ4n) is 3.44. The van der Waals surface area contributed by atoms with Gasteiger partial charge in [0.05, 0.1) is 0 Å². The highest BCUT2D eigenvalue weighted by Gasteiger charge is 2.52. The van der Waals surface area contributed by atoms with E-state index in [0.717, 1.165) is 0 Å². The summed E-state index contributed by atoms with van der Waals surface area (Å²) in [5, 5.41) is 4.00. The molecule has 0 aromatic heterocycles. The van der Waals surface area contributed by atoms with E-state index >= 15 is 0 Å². The van der Waals surface area contributed by atoms with E-state index in [-0.39, 0.29) is 10.8 Å². The van der Waals surface area contributed by atoms with Crippen LogP contribution in [-0.4, -0.2) is 17.0 Å². The maximum atomic E-state index is 12.9. The molecular formula is C22H22OPS+. The van der Waals surface area contributed by atoms with Crippen LogP contribution in [0.1, 0.15) is 6.92 Å². The smallest absolute Gasteiger partial charge is 0.229 e. The van der Waals surface area contributed by atoms with Gasteiger partial charge in [-0.25, -0.2) is 0 Å². The third-order valence-corrected chi connectivity index (χ3v) is 10.3. The Bertz CT molecular complexity index is 722. The van der Waals surface area contributed by atoms with E-state index in [4.69, 9.17) is 0 Å². The van der Waals surface area contributed by atoms with Crippen LogP contribution in [0, 0.1) is 0 Å². The Hall–Kier alpha value is -1.89. The largest absolute Gasteiger partial charge is 0.283 e. The molecule has 3 rings (SSSR count). The van der Waals surface area contributed by atoms with E-state index < -0.39 is 7.26 Å². The summed E-state index contributed by atoms with van der Waals surface area (Å²) in [5.41, 5.74) is -0.0882. The maximum absolute atomic E-state index is 12.9. The Kier molecular flexibility index (Phi) is 5.73. The van der Waals surface area contributed by atoms with E-state index in [1.54, 1.807) is 0 Å². The molecule has 126 valence electrons. The predicted octanol–water partition coefficient (Wildman–Crippen LogP) is 4.26. The molecule has 0 saturated carbocycles. The molecule has 3 heteroatoms. The zero-order valence-electron chi connectivity index (χ0n) is 14.5. The average Bonchev–Trinajstić information content (AvgIpc) is 2.70. The molecular weight excluding hydrogens is 343 g/mol. The first-order valence-corrected chi connectivity index (χ1v) is 11.4. The number of thioether (sulfide) groups is 1. The monoisotopic (exact) mass is 365 g/mol. The van der Waals surface area contributed by atoms with Gasteiger partial charge < -0.3 is 0 Å². The summed E-state index contributed by atoms with van der Waals surface area (Å²) in [5.74, 6) is 0. The molecule has 0 saturated heterocycles. The van der Waals surface area contributed by atoms with Gasteiger partial charge in [0.2, 0.25) is 5.12 Å². The molecule has 0 aliphatic heterocycles. The van der Waals surface area contributed by atoms with E-state index in [1.807, 2.05) is 24.5 Å². The minimum Gasteiger partial charge on any atom is -0.283 e. The van der Waals surface area contributed by atoms with Crippen molar-refractivity contribution in [3.05, 3.63) is 91.0 Å². The minimum atomic E-state index is -2.09. The second-order valence-electron chi connectivity index (χ2n) is 5.93. The first-order valence-electron chi connectivity index (χ1n) is 8.34. The number of benzene rings is 3. The van der Waals surface area contributed by atoms with Crippen LogP contribution in [0.3, 0.4) is 0 Å². The summed E-state index contributed by atoms with van der Waals surface area (Å²) in [6.45, 7) is 2.10. The van der Waals surface area contributed by atoms with Crippen LogP contribution in [0.15, 0.2) is 91.0 Å². The number of carbonyl (C=O) groups is 1. The maximum Gasteiger partial charge on any atom is 0.229 e.